The molecular weight excluding hydrogens is 337 g/mol. The lowest BCUT2D eigenvalue weighted by atomic mass is 9.79. The normalized spacial score (nSPS) is 26.7. The van der Waals surface area contributed by atoms with Crippen LogP contribution in [0.25, 0.3) is 0 Å². The summed E-state index contributed by atoms with van der Waals surface area (Å²) in [6.07, 6.45) is 2.75. The number of alkyl halides is 1. The molecule has 0 amide bonds. The third-order valence-corrected chi connectivity index (χ3v) is 6.04. The van der Waals surface area contributed by atoms with E-state index in [0.29, 0.717) is 5.54 Å². The molecule has 3 nitrogen and oxygen atoms in total. The summed E-state index contributed by atoms with van der Waals surface area (Å²) < 4.78 is 1.19. The summed E-state index contributed by atoms with van der Waals surface area (Å²) in [5.74, 6) is 0.875. The molecule has 2 heterocycles. The fraction of sp³-hybridized carbons (Fsp3) is 1.00. The molecule has 0 radical (unpaired) electrons. The molecule has 0 bridgehead atoms. The molecule has 2 fully saturated rings. The van der Waals surface area contributed by atoms with Gasteiger partial charge in [0.25, 0.3) is 0 Å². The Kier molecular flexibility index (Phi) is 5.31. The van der Waals surface area contributed by atoms with Gasteiger partial charge < -0.3 is 4.90 Å². The summed E-state index contributed by atoms with van der Waals surface area (Å²) in [6.45, 7) is 12.5. The molecule has 0 aliphatic carbocycles. The zero-order chi connectivity index (χ0) is 13.2. The largest absolute Gasteiger partial charge is 0.304 e. The van der Waals surface area contributed by atoms with Crippen molar-refractivity contribution in [3.05, 3.63) is 0 Å². The van der Waals surface area contributed by atoms with E-state index in [1.54, 1.807) is 0 Å². The van der Waals surface area contributed by atoms with Gasteiger partial charge in [-0.2, -0.15) is 0 Å². The van der Waals surface area contributed by atoms with Gasteiger partial charge in [0.15, 0.2) is 0 Å². The third kappa shape index (κ3) is 3.38. The maximum Gasteiger partial charge on any atom is 0.0505 e. The first-order valence-electron chi connectivity index (χ1n) is 7.26. The van der Waals surface area contributed by atoms with Crippen LogP contribution in [0.15, 0.2) is 0 Å². The number of hydrogen-bond donors (Lipinski definition) is 0. The first-order valence-corrected chi connectivity index (χ1v) is 8.78. The second-order valence-corrected chi connectivity index (χ2v) is 7.14. The van der Waals surface area contributed by atoms with Gasteiger partial charge in [0.05, 0.1) is 4.55 Å². The van der Waals surface area contributed by atoms with Crippen molar-refractivity contribution < 1.29 is 0 Å². The van der Waals surface area contributed by atoms with Crippen LogP contribution in [0.3, 0.4) is 0 Å². The van der Waals surface area contributed by atoms with Crippen LogP contribution in [-0.4, -0.2) is 71.1 Å². The first kappa shape index (κ1) is 15.0. The van der Waals surface area contributed by atoms with Gasteiger partial charge in [-0.3, -0.25) is 9.80 Å². The molecular formula is C14H28IN3. The van der Waals surface area contributed by atoms with Gasteiger partial charge in [0.1, 0.15) is 0 Å². The minimum Gasteiger partial charge on any atom is -0.304 e. The predicted molar refractivity (Wildman–Crippen MR) is 86.3 cm³/mol. The molecule has 0 aromatic rings. The number of likely N-dealkylation sites (N-methyl/N-ethyl adjacent to an activating group) is 1. The molecule has 0 N–H and O–H groups in total. The van der Waals surface area contributed by atoms with Crippen LogP contribution in [0, 0.1) is 5.92 Å². The predicted octanol–water partition coefficient (Wildman–Crippen LogP) is 2.12. The highest BCUT2D eigenvalue weighted by Gasteiger charge is 2.37. The van der Waals surface area contributed by atoms with Crippen LogP contribution in [-0.2, 0) is 0 Å². The van der Waals surface area contributed by atoms with E-state index in [1.807, 2.05) is 0 Å². The fourth-order valence-corrected chi connectivity index (χ4v) is 4.08. The molecule has 2 aliphatic heterocycles. The van der Waals surface area contributed by atoms with Crippen molar-refractivity contribution in [2.75, 3.05) is 50.9 Å². The van der Waals surface area contributed by atoms with E-state index < -0.39 is 0 Å². The van der Waals surface area contributed by atoms with E-state index in [4.69, 9.17) is 0 Å². The van der Waals surface area contributed by atoms with Crippen LogP contribution >= 0.6 is 22.6 Å². The second kappa shape index (κ2) is 6.37. The quantitative estimate of drug-likeness (QED) is 0.431. The van der Waals surface area contributed by atoms with Gasteiger partial charge in [-0.1, -0.05) is 22.6 Å². The van der Waals surface area contributed by atoms with E-state index >= 15 is 0 Å². The van der Waals surface area contributed by atoms with E-state index in [9.17, 15) is 0 Å². The average Bonchev–Trinajstić information content (AvgIpc) is 2.39. The lowest BCUT2D eigenvalue weighted by Crippen LogP contribution is -2.58. The Morgan fingerprint density at radius 1 is 1.00 bits per heavy atom. The minimum atomic E-state index is 0.388. The minimum absolute atomic E-state index is 0.388. The van der Waals surface area contributed by atoms with Crippen LogP contribution in [0.2, 0.25) is 0 Å². The lowest BCUT2D eigenvalue weighted by molar-refractivity contribution is 0.00199. The molecule has 106 valence electrons. The van der Waals surface area contributed by atoms with Crippen molar-refractivity contribution in [3.63, 3.8) is 0 Å². The van der Waals surface area contributed by atoms with Crippen molar-refractivity contribution in [3.8, 4) is 0 Å². The number of halogens is 1. The van der Waals surface area contributed by atoms with Crippen LogP contribution in [0.5, 0.6) is 0 Å². The number of rotatable bonds is 3. The van der Waals surface area contributed by atoms with E-state index in [2.05, 4.69) is 58.2 Å². The number of likely N-dealkylation sites (tertiary alicyclic amines) is 1. The second-order valence-electron chi connectivity index (χ2n) is 6.46. The Morgan fingerprint density at radius 2 is 1.56 bits per heavy atom. The molecule has 0 aromatic heterocycles. The van der Waals surface area contributed by atoms with Crippen LogP contribution in [0.4, 0.5) is 0 Å². The Balaban J connectivity index is 1.90. The van der Waals surface area contributed by atoms with Crippen molar-refractivity contribution in [1.29, 1.82) is 0 Å². The van der Waals surface area contributed by atoms with Gasteiger partial charge in [0.2, 0.25) is 0 Å². The SMILES string of the molecule is CN1CCN(C(C)(C)C2CCN(CI)CC2)CC1. The Bertz CT molecular complexity index is 254. The van der Waals surface area contributed by atoms with Crippen molar-refractivity contribution >= 4 is 22.6 Å². The van der Waals surface area contributed by atoms with Crippen molar-refractivity contribution in [2.24, 2.45) is 5.92 Å². The fourth-order valence-electron chi connectivity index (χ4n) is 3.40. The molecule has 0 unspecified atom stereocenters. The van der Waals surface area contributed by atoms with Gasteiger partial charge in [-0.05, 0) is 52.7 Å². The van der Waals surface area contributed by atoms with Crippen molar-refractivity contribution in [1.82, 2.24) is 14.7 Å². The summed E-state index contributed by atoms with van der Waals surface area (Å²) in [5, 5.41) is 0. The summed E-state index contributed by atoms with van der Waals surface area (Å²) >= 11 is 2.49. The summed E-state index contributed by atoms with van der Waals surface area (Å²) in [5.41, 5.74) is 0.388. The molecule has 0 spiro atoms. The number of piperidine rings is 1. The highest BCUT2D eigenvalue weighted by Crippen LogP contribution is 2.33. The van der Waals surface area contributed by atoms with Gasteiger partial charge >= 0.3 is 0 Å². The molecule has 0 saturated carbocycles. The number of piperazine rings is 1. The number of hydrogen-bond acceptors (Lipinski definition) is 3. The van der Waals surface area contributed by atoms with Gasteiger partial charge in [-0.25, -0.2) is 0 Å². The molecule has 2 aliphatic rings. The lowest BCUT2D eigenvalue weighted by Gasteiger charge is -2.49. The summed E-state index contributed by atoms with van der Waals surface area (Å²) in [6, 6.07) is 0. The van der Waals surface area contributed by atoms with Crippen molar-refractivity contribution in [2.45, 2.75) is 32.2 Å². The Morgan fingerprint density at radius 3 is 2.06 bits per heavy atom. The van der Waals surface area contributed by atoms with E-state index in [1.165, 1.54) is 56.7 Å². The topological polar surface area (TPSA) is 9.72 Å². The molecule has 2 saturated heterocycles. The zero-order valence-corrected chi connectivity index (χ0v) is 14.3. The van der Waals surface area contributed by atoms with Gasteiger partial charge in [0, 0.05) is 31.7 Å². The molecule has 0 aromatic carbocycles. The molecule has 0 atom stereocenters. The molecule has 4 heteroatoms. The monoisotopic (exact) mass is 365 g/mol. The third-order valence-electron chi connectivity index (χ3n) is 5.07. The van der Waals surface area contributed by atoms with Gasteiger partial charge in [-0.15, -0.1) is 0 Å². The summed E-state index contributed by atoms with van der Waals surface area (Å²) in [7, 11) is 2.24. The highest BCUT2D eigenvalue weighted by molar-refractivity contribution is 14.1. The average molecular weight is 365 g/mol. The Labute approximate surface area is 126 Å². The Hall–Kier alpha value is 0.610. The first-order chi connectivity index (χ1) is 8.54. The van der Waals surface area contributed by atoms with E-state index in [0.717, 1.165) is 5.92 Å². The maximum absolute atomic E-state index is 2.73. The van der Waals surface area contributed by atoms with Crippen LogP contribution in [0.1, 0.15) is 26.7 Å². The zero-order valence-electron chi connectivity index (χ0n) is 12.2. The highest BCUT2D eigenvalue weighted by atomic mass is 127. The standard InChI is InChI=1S/C14H28IN3/c1-14(2,18-10-8-16(3)9-11-18)13-4-6-17(12-15)7-5-13/h13H,4-12H2,1-3H3. The maximum atomic E-state index is 2.73. The molecule has 2 rings (SSSR count). The number of nitrogens with zero attached hydrogens (tertiary/aromatic N) is 3. The van der Waals surface area contributed by atoms with Crippen LogP contribution < -0.4 is 0 Å². The van der Waals surface area contributed by atoms with E-state index in [-0.39, 0.29) is 0 Å². The summed E-state index contributed by atoms with van der Waals surface area (Å²) in [4.78, 5) is 7.76. The smallest absolute Gasteiger partial charge is 0.0505 e. The molecule has 18 heavy (non-hydrogen) atoms.